The van der Waals surface area contributed by atoms with E-state index in [1.807, 2.05) is 30.3 Å². The molecule has 3 aliphatic carbocycles. The predicted molar refractivity (Wildman–Crippen MR) is 204 cm³/mol. The molecule has 2 saturated carbocycles. The zero-order valence-electron chi connectivity index (χ0n) is 34.0. The summed E-state index contributed by atoms with van der Waals surface area (Å²) >= 11 is 0. The Kier molecular flexibility index (Phi) is 12.2. The van der Waals surface area contributed by atoms with Crippen LogP contribution in [-0.4, -0.2) is 95.1 Å². The minimum absolute atomic E-state index is 0.102. The van der Waals surface area contributed by atoms with Gasteiger partial charge in [0.05, 0.1) is 29.6 Å². The molecule has 1 aliphatic heterocycles. The Labute approximate surface area is 328 Å². The first-order chi connectivity index (χ1) is 26.2. The largest absolute Gasteiger partial charge is 0.456 e. The third-order valence-electron chi connectivity index (χ3n) is 12.8. The first-order valence-corrected chi connectivity index (χ1v) is 19.2. The molecule has 2 N–H and O–H groups in total. The van der Waals surface area contributed by atoms with Gasteiger partial charge in [-0.2, -0.15) is 0 Å². The summed E-state index contributed by atoms with van der Waals surface area (Å²) in [4.78, 5) is 65.5. The quantitative estimate of drug-likeness (QED) is 0.201. The summed E-state index contributed by atoms with van der Waals surface area (Å²) in [5.41, 5.74) is -4.20. The molecule has 12 nitrogen and oxygen atoms in total. The molecule has 0 aromatic heterocycles. The lowest BCUT2D eigenvalue weighted by atomic mass is 9.43. The molecule has 1 heterocycles. The Hall–Kier alpha value is -4.23. The molecule has 0 unspecified atom stereocenters. The molecule has 0 radical (unpaired) electrons. The molecule has 12 heteroatoms. The molecule has 6 rings (SSSR count). The fourth-order valence-corrected chi connectivity index (χ4v) is 9.94. The molecule has 304 valence electrons. The highest BCUT2D eigenvalue weighted by Gasteiger charge is 2.78. The van der Waals surface area contributed by atoms with E-state index in [2.05, 4.69) is 0 Å². The van der Waals surface area contributed by atoms with Crippen LogP contribution in [0.15, 0.2) is 71.8 Å². The third kappa shape index (κ3) is 7.14. The summed E-state index contributed by atoms with van der Waals surface area (Å²) in [6.45, 7) is 14.8. The second-order valence-electron chi connectivity index (χ2n) is 16.7. The van der Waals surface area contributed by atoms with Crippen molar-refractivity contribution in [2.24, 2.45) is 22.7 Å². The number of rotatable bonds is 8. The Morgan fingerprint density at radius 3 is 2.02 bits per heavy atom. The van der Waals surface area contributed by atoms with Gasteiger partial charge in [-0.3, -0.25) is 9.59 Å². The number of carbonyl (C=O) groups excluding carboxylic acids is 5. The molecule has 3 fully saturated rings. The maximum absolute atomic E-state index is 15.3. The highest BCUT2D eigenvalue weighted by Crippen LogP contribution is 2.65. The molecule has 0 amide bonds. The lowest BCUT2D eigenvalue weighted by Gasteiger charge is -2.68. The molecule has 11 atom stereocenters. The minimum atomic E-state index is -2.03. The fourth-order valence-electron chi connectivity index (χ4n) is 9.94. The molecule has 1 saturated heterocycles. The number of Topliss-reactive ketones (excluding diaryl/α,β-unsaturated/α-hetero) is 2. The van der Waals surface area contributed by atoms with Crippen LogP contribution in [-0.2, 0) is 42.9 Å². The van der Waals surface area contributed by atoms with E-state index >= 15 is 4.79 Å². The Balaban J connectivity index is 0.00000143. The fraction of sp³-hybridized carbons (Fsp3) is 0.568. The lowest BCUT2D eigenvalue weighted by Crippen LogP contribution is -2.81. The van der Waals surface area contributed by atoms with Crippen molar-refractivity contribution in [2.45, 2.75) is 123 Å². The topological polar surface area (TPSA) is 172 Å². The van der Waals surface area contributed by atoms with Gasteiger partial charge in [-0.1, -0.05) is 76.2 Å². The summed E-state index contributed by atoms with van der Waals surface area (Å²) in [7, 11) is 1.49. The normalized spacial score (nSPS) is 34.0. The molecule has 2 aromatic carbocycles. The van der Waals surface area contributed by atoms with Crippen molar-refractivity contribution >= 4 is 29.5 Å². The number of hydrogen-bond donors (Lipinski definition) is 2. The first-order valence-electron chi connectivity index (χ1n) is 19.2. The Morgan fingerprint density at radius 2 is 1.50 bits per heavy atom. The summed E-state index contributed by atoms with van der Waals surface area (Å²) in [6, 6.07) is 17.4. The summed E-state index contributed by atoms with van der Waals surface area (Å²) in [6.07, 6.45) is -5.71. The molecule has 0 spiro atoms. The predicted octanol–water partition coefficient (Wildman–Crippen LogP) is 5.32. The van der Waals surface area contributed by atoms with Gasteiger partial charge < -0.3 is 38.7 Å². The SMILES string of the molecule is CC(C)=O.CO[C@H]1C[C@H]2OC[C@@]2(OC(C)=O)[C@H]2[C@H](OC(=O)c3ccccc3)[C@]3(O)C[C@H](OC(=O)[C@H](O)[C@@H](C)c4ccccc4)C(C)=C([C@@H](C)C(=O)[C@]12C)C3(C)C. The van der Waals surface area contributed by atoms with Crippen LogP contribution in [0.25, 0.3) is 0 Å². The molecule has 56 heavy (non-hydrogen) atoms. The van der Waals surface area contributed by atoms with Crippen LogP contribution >= 0.6 is 0 Å². The average Bonchev–Trinajstić information content (AvgIpc) is 3.14. The van der Waals surface area contributed by atoms with E-state index in [9.17, 15) is 29.4 Å². The maximum atomic E-state index is 15.3. The van der Waals surface area contributed by atoms with E-state index in [0.717, 1.165) is 5.56 Å². The highest BCUT2D eigenvalue weighted by molar-refractivity contribution is 5.92. The van der Waals surface area contributed by atoms with Crippen LogP contribution in [0.3, 0.4) is 0 Å². The van der Waals surface area contributed by atoms with Gasteiger partial charge >= 0.3 is 17.9 Å². The van der Waals surface area contributed by atoms with Crippen molar-refractivity contribution in [3.63, 3.8) is 0 Å². The standard InChI is InChI=1S/C41H50O11.C3H6O/c1-22(26-15-11-9-12-16-26)32(43)37(46)50-28-20-41(47)35(51-36(45)27-17-13-10-14-18-27)33-39(7,34(44)24(3)31(23(28)2)38(41,5)6)29(48-8)19-30-40(33,21-49-30)52-25(4)42;1-3(2)4/h9-18,22,24,28-30,32-33,35,43,47H,19-21H2,1-8H3;1-2H3/t22-,24+,28-,29-,30+,32+,33-,35-,39+,40-,41+;/m0./s1. The van der Waals surface area contributed by atoms with E-state index in [-0.39, 0.29) is 36.6 Å². The van der Waals surface area contributed by atoms with Crippen molar-refractivity contribution in [3.05, 3.63) is 82.9 Å². The van der Waals surface area contributed by atoms with Gasteiger partial charge in [-0.25, -0.2) is 9.59 Å². The molecule has 2 aromatic rings. The number of hydrogen-bond acceptors (Lipinski definition) is 12. The maximum Gasteiger partial charge on any atom is 0.338 e. The van der Waals surface area contributed by atoms with E-state index in [1.165, 1.54) is 27.9 Å². The third-order valence-corrected chi connectivity index (χ3v) is 12.8. The van der Waals surface area contributed by atoms with E-state index in [4.69, 9.17) is 23.7 Å². The average molecular weight is 777 g/mol. The zero-order chi connectivity index (χ0) is 41.5. The smallest absolute Gasteiger partial charge is 0.338 e. The van der Waals surface area contributed by atoms with Crippen molar-refractivity contribution < 1.29 is 57.9 Å². The number of carbonyl (C=O) groups is 5. The van der Waals surface area contributed by atoms with Gasteiger partial charge in [0.15, 0.2) is 11.7 Å². The number of benzene rings is 2. The van der Waals surface area contributed by atoms with E-state index in [1.54, 1.807) is 71.9 Å². The van der Waals surface area contributed by atoms with Gasteiger partial charge in [0.1, 0.15) is 35.5 Å². The summed E-state index contributed by atoms with van der Waals surface area (Å²) in [5.74, 6) is -5.00. The molecular weight excluding hydrogens is 720 g/mol. The van der Waals surface area contributed by atoms with Gasteiger partial charge in [0, 0.05) is 44.1 Å². The van der Waals surface area contributed by atoms with E-state index in [0.29, 0.717) is 11.1 Å². The van der Waals surface area contributed by atoms with Gasteiger partial charge in [0.2, 0.25) is 0 Å². The Bertz CT molecular complexity index is 1850. The molecule has 4 aliphatic rings. The Morgan fingerprint density at radius 1 is 0.929 bits per heavy atom. The number of ether oxygens (including phenoxy) is 5. The van der Waals surface area contributed by atoms with Crippen molar-refractivity contribution in [2.75, 3.05) is 13.7 Å². The van der Waals surface area contributed by atoms with Crippen molar-refractivity contribution in [1.82, 2.24) is 0 Å². The van der Waals surface area contributed by atoms with Gasteiger partial charge in [-0.15, -0.1) is 0 Å². The minimum Gasteiger partial charge on any atom is -0.456 e. The second kappa shape index (κ2) is 16.0. The highest BCUT2D eigenvalue weighted by atomic mass is 16.6. The van der Waals surface area contributed by atoms with Crippen LogP contribution in [0.4, 0.5) is 0 Å². The lowest BCUT2D eigenvalue weighted by molar-refractivity contribution is -0.346. The monoisotopic (exact) mass is 776 g/mol. The van der Waals surface area contributed by atoms with Crippen LogP contribution in [0, 0.1) is 22.7 Å². The van der Waals surface area contributed by atoms with Gasteiger partial charge in [0.25, 0.3) is 0 Å². The summed E-state index contributed by atoms with van der Waals surface area (Å²) in [5, 5.41) is 24.7. The molecule has 2 bridgehead atoms. The summed E-state index contributed by atoms with van der Waals surface area (Å²) < 4.78 is 30.8. The number of methoxy groups -OCH3 is 1. The second-order valence-corrected chi connectivity index (χ2v) is 16.7. The number of aliphatic hydroxyl groups excluding tert-OH is 1. The van der Waals surface area contributed by atoms with Crippen molar-refractivity contribution in [3.8, 4) is 0 Å². The van der Waals surface area contributed by atoms with Crippen LogP contribution in [0.2, 0.25) is 0 Å². The number of esters is 3. The van der Waals surface area contributed by atoms with Crippen LogP contribution < -0.4 is 0 Å². The first kappa shape index (κ1) is 42.9. The number of aliphatic hydroxyl groups is 2. The molecular formula is C44H56O12. The van der Waals surface area contributed by atoms with Crippen molar-refractivity contribution in [1.29, 1.82) is 0 Å². The van der Waals surface area contributed by atoms with E-state index < -0.39 is 88.2 Å². The van der Waals surface area contributed by atoms with Gasteiger partial charge in [-0.05, 0) is 56.5 Å². The number of ketones is 2. The van der Waals surface area contributed by atoms with Crippen LogP contribution in [0.1, 0.15) is 97.0 Å². The van der Waals surface area contributed by atoms with Crippen LogP contribution in [0.5, 0.6) is 0 Å². The zero-order valence-corrected chi connectivity index (χ0v) is 34.0. The number of fused-ring (bicyclic) bond motifs is 5.